The summed E-state index contributed by atoms with van der Waals surface area (Å²) >= 11 is 0. The van der Waals surface area contributed by atoms with Crippen LogP contribution in [-0.4, -0.2) is 11.2 Å². The number of halogens is 1. The molecule has 0 saturated heterocycles. The molecule has 2 N–H and O–H groups in total. The number of rotatable bonds is 2. The average molecular weight is 171 g/mol. The van der Waals surface area contributed by atoms with E-state index in [0.717, 1.165) is 38.5 Å². The molecule has 0 atom stereocenters. The van der Waals surface area contributed by atoms with Crippen LogP contribution in [-0.2, 0) is 0 Å². The maximum absolute atomic E-state index is 14.0. The van der Waals surface area contributed by atoms with Gasteiger partial charge in [-0.15, -0.1) is 0 Å². The molecule has 0 spiro atoms. The van der Waals surface area contributed by atoms with Crippen molar-refractivity contribution in [1.82, 2.24) is 0 Å². The molecule has 2 rings (SSSR count). The molecule has 2 fully saturated rings. The summed E-state index contributed by atoms with van der Waals surface area (Å²) in [6, 6.07) is 0. The van der Waals surface area contributed by atoms with Crippen molar-refractivity contribution in [1.29, 1.82) is 0 Å². The molecule has 2 aliphatic rings. The summed E-state index contributed by atoms with van der Waals surface area (Å²) in [5.41, 5.74) is 4.92. The second-order valence-electron chi connectivity index (χ2n) is 4.75. The summed E-state index contributed by atoms with van der Waals surface area (Å²) < 4.78 is 14.0. The third-order valence-electron chi connectivity index (χ3n) is 3.31. The van der Waals surface area contributed by atoms with Gasteiger partial charge in [-0.3, -0.25) is 0 Å². The minimum atomic E-state index is -0.899. The molecular formula is C10H18FN. The molecule has 12 heavy (non-hydrogen) atoms. The highest BCUT2D eigenvalue weighted by atomic mass is 19.1. The van der Waals surface area contributed by atoms with Gasteiger partial charge in [0.1, 0.15) is 5.67 Å². The molecule has 0 aromatic heterocycles. The molecule has 2 heteroatoms. The van der Waals surface area contributed by atoms with Gasteiger partial charge < -0.3 is 5.73 Å². The number of hydrogen-bond donors (Lipinski definition) is 1. The summed E-state index contributed by atoms with van der Waals surface area (Å²) in [4.78, 5) is 0. The lowest BCUT2D eigenvalue weighted by Gasteiger charge is -2.31. The Hall–Kier alpha value is -0.110. The zero-order chi connectivity index (χ0) is 8.66. The van der Waals surface area contributed by atoms with E-state index < -0.39 is 5.67 Å². The van der Waals surface area contributed by atoms with Gasteiger partial charge in [0.15, 0.2) is 0 Å². The van der Waals surface area contributed by atoms with Gasteiger partial charge in [-0.1, -0.05) is 19.3 Å². The van der Waals surface area contributed by atoms with Crippen LogP contribution in [0.2, 0.25) is 0 Å². The van der Waals surface area contributed by atoms with Gasteiger partial charge in [0.2, 0.25) is 0 Å². The van der Waals surface area contributed by atoms with E-state index in [1.807, 2.05) is 0 Å². The molecule has 0 unspecified atom stereocenters. The highest BCUT2D eigenvalue weighted by Crippen LogP contribution is 2.45. The van der Waals surface area contributed by atoms with Gasteiger partial charge in [0.05, 0.1) is 0 Å². The molecule has 0 radical (unpaired) electrons. The fourth-order valence-corrected chi connectivity index (χ4v) is 2.33. The second kappa shape index (κ2) is 2.69. The van der Waals surface area contributed by atoms with Crippen molar-refractivity contribution in [2.45, 2.75) is 62.6 Å². The fraction of sp³-hybridized carbons (Fsp3) is 1.00. The minimum Gasteiger partial charge on any atom is -0.325 e. The topological polar surface area (TPSA) is 26.0 Å². The first-order valence-electron chi connectivity index (χ1n) is 5.10. The Bertz CT molecular complexity index is 169. The van der Waals surface area contributed by atoms with E-state index in [1.54, 1.807) is 0 Å². The van der Waals surface area contributed by atoms with Crippen molar-refractivity contribution >= 4 is 0 Å². The Morgan fingerprint density at radius 1 is 1.00 bits per heavy atom. The average Bonchev–Trinajstić information content (AvgIpc) is 2.67. The number of nitrogens with two attached hydrogens (primary N) is 1. The molecule has 0 heterocycles. The third kappa shape index (κ3) is 1.79. The quantitative estimate of drug-likeness (QED) is 0.679. The van der Waals surface area contributed by atoms with Crippen molar-refractivity contribution in [2.24, 2.45) is 5.73 Å². The summed E-state index contributed by atoms with van der Waals surface area (Å²) in [5.74, 6) is 0. The monoisotopic (exact) mass is 171 g/mol. The summed E-state index contributed by atoms with van der Waals surface area (Å²) in [7, 11) is 0. The van der Waals surface area contributed by atoms with Crippen LogP contribution >= 0.6 is 0 Å². The lowest BCUT2D eigenvalue weighted by Crippen LogP contribution is -2.36. The largest absolute Gasteiger partial charge is 0.325 e. The number of hydrogen-bond acceptors (Lipinski definition) is 1. The zero-order valence-corrected chi connectivity index (χ0v) is 7.61. The van der Waals surface area contributed by atoms with Crippen molar-refractivity contribution in [2.75, 3.05) is 0 Å². The molecule has 0 aromatic rings. The minimum absolute atomic E-state index is 0.105. The summed E-state index contributed by atoms with van der Waals surface area (Å²) in [6.07, 6.45) is 7.55. The van der Waals surface area contributed by atoms with Crippen LogP contribution in [0.4, 0.5) is 4.39 Å². The molecule has 1 nitrogen and oxygen atoms in total. The van der Waals surface area contributed by atoms with E-state index in [2.05, 4.69) is 0 Å². The molecule has 0 amide bonds. The van der Waals surface area contributed by atoms with Gasteiger partial charge in [0.25, 0.3) is 0 Å². The third-order valence-corrected chi connectivity index (χ3v) is 3.31. The van der Waals surface area contributed by atoms with Gasteiger partial charge in [-0.25, -0.2) is 4.39 Å². The van der Waals surface area contributed by atoms with E-state index in [4.69, 9.17) is 5.73 Å². The van der Waals surface area contributed by atoms with Gasteiger partial charge >= 0.3 is 0 Å². The van der Waals surface area contributed by atoms with E-state index >= 15 is 0 Å². The van der Waals surface area contributed by atoms with E-state index in [1.165, 1.54) is 6.42 Å². The maximum Gasteiger partial charge on any atom is 0.112 e. The van der Waals surface area contributed by atoms with Gasteiger partial charge in [-0.2, -0.15) is 0 Å². The van der Waals surface area contributed by atoms with Gasteiger partial charge in [-0.05, 0) is 32.1 Å². The zero-order valence-electron chi connectivity index (χ0n) is 7.61. The molecule has 0 aromatic carbocycles. The SMILES string of the molecule is NC1(CC2(F)CCCCC2)CC1. The first-order chi connectivity index (χ1) is 5.62. The second-order valence-corrected chi connectivity index (χ2v) is 4.75. The smallest absolute Gasteiger partial charge is 0.112 e. The molecule has 2 saturated carbocycles. The van der Waals surface area contributed by atoms with Crippen molar-refractivity contribution in [3.05, 3.63) is 0 Å². The highest BCUT2D eigenvalue weighted by Gasteiger charge is 2.46. The molecular weight excluding hydrogens is 153 g/mol. The molecule has 0 bridgehead atoms. The molecule has 70 valence electrons. The van der Waals surface area contributed by atoms with Crippen LogP contribution in [0.25, 0.3) is 0 Å². The first-order valence-corrected chi connectivity index (χ1v) is 5.10. The van der Waals surface area contributed by atoms with Crippen LogP contribution in [0, 0.1) is 0 Å². The lowest BCUT2D eigenvalue weighted by molar-refractivity contribution is 0.0846. The molecule has 0 aliphatic heterocycles. The highest BCUT2D eigenvalue weighted by molar-refractivity contribution is 5.04. The normalized spacial score (nSPS) is 31.5. The van der Waals surface area contributed by atoms with Crippen molar-refractivity contribution in [3.63, 3.8) is 0 Å². The predicted octanol–water partition coefficient (Wildman–Crippen LogP) is 2.54. The fourth-order valence-electron chi connectivity index (χ4n) is 2.33. The first kappa shape index (κ1) is 8.49. The van der Waals surface area contributed by atoms with E-state index in [-0.39, 0.29) is 5.54 Å². The Kier molecular flexibility index (Phi) is 1.90. The summed E-state index contributed by atoms with van der Waals surface area (Å²) in [6.45, 7) is 0. The Morgan fingerprint density at radius 3 is 2.08 bits per heavy atom. The van der Waals surface area contributed by atoms with Crippen LogP contribution in [0.1, 0.15) is 51.4 Å². The van der Waals surface area contributed by atoms with Crippen LogP contribution in [0.15, 0.2) is 0 Å². The van der Waals surface area contributed by atoms with Crippen LogP contribution in [0.3, 0.4) is 0 Å². The Labute approximate surface area is 73.5 Å². The van der Waals surface area contributed by atoms with E-state index in [0.29, 0.717) is 6.42 Å². The van der Waals surface area contributed by atoms with E-state index in [9.17, 15) is 4.39 Å². The van der Waals surface area contributed by atoms with Crippen LogP contribution < -0.4 is 5.73 Å². The van der Waals surface area contributed by atoms with Gasteiger partial charge in [0, 0.05) is 5.54 Å². The summed E-state index contributed by atoms with van der Waals surface area (Å²) in [5, 5.41) is 0. The number of alkyl halides is 1. The Morgan fingerprint density at radius 2 is 1.58 bits per heavy atom. The van der Waals surface area contributed by atoms with Crippen molar-refractivity contribution in [3.8, 4) is 0 Å². The lowest BCUT2D eigenvalue weighted by atomic mass is 9.81. The van der Waals surface area contributed by atoms with Crippen molar-refractivity contribution < 1.29 is 4.39 Å². The maximum atomic E-state index is 14.0. The Balaban J connectivity index is 1.90. The van der Waals surface area contributed by atoms with Crippen LogP contribution in [0.5, 0.6) is 0 Å². The standard InChI is InChI=1S/C10H18FN/c11-9(4-2-1-3-5-9)8-10(12)6-7-10/h1-8,12H2. The molecule has 2 aliphatic carbocycles. The predicted molar refractivity (Wildman–Crippen MR) is 47.7 cm³/mol.